The molecule has 3 heteroatoms. The molecule has 1 aromatic rings. The van der Waals surface area contributed by atoms with E-state index in [0.717, 1.165) is 29.3 Å². The first-order valence-corrected chi connectivity index (χ1v) is 8.33. The number of hydrogen-bond donors (Lipinski definition) is 1. The van der Waals surface area contributed by atoms with Crippen molar-refractivity contribution in [3.63, 3.8) is 0 Å². The highest BCUT2D eigenvalue weighted by molar-refractivity contribution is 5.76. The number of rotatable bonds is 2. The number of hydrogen-bond acceptors (Lipinski definition) is 3. The minimum absolute atomic E-state index is 0.207. The van der Waals surface area contributed by atoms with Gasteiger partial charge in [0.15, 0.2) is 0 Å². The molecule has 3 nitrogen and oxygen atoms in total. The van der Waals surface area contributed by atoms with Gasteiger partial charge in [-0.05, 0) is 37.0 Å². The zero-order chi connectivity index (χ0) is 16.1. The number of allylic oxidation sites excluding steroid dienone is 6. The molecular formula is C20H22O3. The molecule has 3 aliphatic rings. The predicted octanol–water partition coefficient (Wildman–Crippen LogP) is 4.77. The summed E-state index contributed by atoms with van der Waals surface area (Å²) in [6.45, 7) is 6.52. The molecule has 1 aliphatic heterocycles. The number of ether oxygens (including phenoxy) is 1. The largest absolute Gasteiger partial charge is 0.465 e. The van der Waals surface area contributed by atoms with Gasteiger partial charge in [-0.1, -0.05) is 32.1 Å². The molecule has 23 heavy (non-hydrogen) atoms. The van der Waals surface area contributed by atoms with Crippen molar-refractivity contribution in [3.05, 3.63) is 58.8 Å². The molecule has 4 rings (SSSR count). The maximum atomic E-state index is 9.55. The average Bonchev–Trinajstić information content (AvgIpc) is 3.21. The molecule has 0 bridgehead atoms. The SMILES string of the molecule is CC1=CCC(C)c2cc(C3=CC=C(C4=CCC(O)O4)C3C)oc21. The van der Waals surface area contributed by atoms with Crippen LogP contribution in [0.15, 0.2) is 46.1 Å². The van der Waals surface area contributed by atoms with Crippen molar-refractivity contribution in [2.75, 3.05) is 0 Å². The maximum Gasteiger partial charge on any atom is 0.201 e. The van der Waals surface area contributed by atoms with Crippen LogP contribution in [0.25, 0.3) is 11.1 Å². The lowest BCUT2D eigenvalue weighted by Gasteiger charge is -2.15. The Kier molecular flexibility index (Phi) is 3.34. The monoisotopic (exact) mass is 310 g/mol. The van der Waals surface area contributed by atoms with Gasteiger partial charge in [-0.2, -0.15) is 0 Å². The van der Waals surface area contributed by atoms with Gasteiger partial charge in [0.25, 0.3) is 0 Å². The molecule has 120 valence electrons. The Bertz CT molecular complexity index is 773. The third-order valence-electron chi connectivity index (χ3n) is 5.14. The second-order valence-corrected chi connectivity index (χ2v) is 6.76. The van der Waals surface area contributed by atoms with Gasteiger partial charge in [0.1, 0.15) is 17.3 Å². The van der Waals surface area contributed by atoms with Crippen molar-refractivity contribution in [3.8, 4) is 0 Å². The fourth-order valence-electron chi connectivity index (χ4n) is 3.66. The van der Waals surface area contributed by atoms with Gasteiger partial charge in [-0.25, -0.2) is 0 Å². The van der Waals surface area contributed by atoms with Crippen LogP contribution < -0.4 is 0 Å². The van der Waals surface area contributed by atoms with E-state index in [1.54, 1.807) is 0 Å². The zero-order valence-electron chi connectivity index (χ0n) is 13.8. The first-order chi connectivity index (χ1) is 11.0. The molecule has 2 aliphatic carbocycles. The van der Waals surface area contributed by atoms with Crippen molar-refractivity contribution >= 4 is 11.1 Å². The summed E-state index contributed by atoms with van der Waals surface area (Å²) in [5, 5.41) is 9.55. The van der Waals surface area contributed by atoms with Crippen LogP contribution in [-0.2, 0) is 4.74 Å². The first kappa shape index (κ1) is 14.6. The molecule has 0 spiro atoms. The van der Waals surface area contributed by atoms with Crippen LogP contribution in [-0.4, -0.2) is 11.4 Å². The second kappa shape index (κ2) is 5.27. The first-order valence-electron chi connectivity index (χ1n) is 8.33. The Morgan fingerprint density at radius 2 is 1.87 bits per heavy atom. The van der Waals surface area contributed by atoms with Crippen LogP contribution in [0.4, 0.5) is 0 Å². The lowest BCUT2D eigenvalue weighted by Crippen LogP contribution is -2.07. The Morgan fingerprint density at radius 3 is 2.57 bits per heavy atom. The molecule has 0 saturated carbocycles. The normalized spacial score (nSPS) is 29.5. The second-order valence-electron chi connectivity index (χ2n) is 6.76. The van der Waals surface area contributed by atoms with Crippen molar-refractivity contribution in [1.82, 2.24) is 0 Å². The topological polar surface area (TPSA) is 42.6 Å². The van der Waals surface area contributed by atoms with E-state index in [2.05, 4.69) is 45.1 Å². The minimum atomic E-state index is -0.702. The summed E-state index contributed by atoms with van der Waals surface area (Å²) in [5.74, 6) is 3.50. The lowest BCUT2D eigenvalue weighted by molar-refractivity contribution is -0.0426. The molecule has 0 aromatic carbocycles. The quantitative estimate of drug-likeness (QED) is 0.855. The molecule has 0 radical (unpaired) electrons. The third kappa shape index (κ3) is 2.31. The van der Waals surface area contributed by atoms with E-state index in [0.29, 0.717) is 12.3 Å². The summed E-state index contributed by atoms with van der Waals surface area (Å²) in [5.41, 5.74) is 4.84. The Balaban J connectivity index is 1.62. The minimum Gasteiger partial charge on any atom is -0.465 e. The molecule has 3 unspecified atom stereocenters. The molecule has 1 aromatic heterocycles. The standard InChI is InChI=1S/C20H22O3/c1-11-4-5-12(2)20-16(11)10-18(23-20)15-7-6-14(13(15)3)17-8-9-19(21)22-17/h5-8,10-11,13,19,21H,4,9H2,1-3H3. The van der Waals surface area contributed by atoms with Gasteiger partial charge in [-0.3, -0.25) is 0 Å². The summed E-state index contributed by atoms with van der Waals surface area (Å²) < 4.78 is 11.7. The Hall–Kier alpha value is -2.00. The third-order valence-corrected chi connectivity index (χ3v) is 5.14. The Labute approximate surface area is 136 Å². The fourth-order valence-corrected chi connectivity index (χ4v) is 3.66. The van der Waals surface area contributed by atoms with Gasteiger partial charge in [0.05, 0.1) is 0 Å². The number of fused-ring (bicyclic) bond motifs is 1. The van der Waals surface area contributed by atoms with Gasteiger partial charge < -0.3 is 14.3 Å². The maximum absolute atomic E-state index is 9.55. The molecular weight excluding hydrogens is 288 g/mol. The van der Waals surface area contributed by atoms with Crippen LogP contribution >= 0.6 is 0 Å². The highest BCUT2D eigenvalue weighted by Gasteiger charge is 2.30. The molecule has 2 heterocycles. The van der Waals surface area contributed by atoms with Crippen molar-refractivity contribution in [2.45, 2.75) is 45.8 Å². The van der Waals surface area contributed by atoms with Gasteiger partial charge in [0.2, 0.25) is 6.29 Å². The van der Waals surface area contributed by atoms with Crippen LogP contribution in [0.3, 0.4) is 0 Å². The summed E-state index contributed by atoms with van der Waals surface area (Å²) in [6.07, 6.45) is 9.35. The van der Waals surface area contributed by atoms with Gasteiger partial charge >= 0.3 is 0 Å². The number of aliphatic hydroxyl groups excluding tert-OH is 1. The number of aliphatic hydroxyl groups is 1. The highest BCUT2D eigenvalue weighted by atomic mass is 16.6. The van der Waals surface area contributed by atoms with Crippen LogP contribution in [0.1, 0.15) is 56.6 Å². The van der Waals surface area contributed by atoms with E-state index in [1.807, 2.05) is 6.08 Å². The smallest absolute Gasteiger partial charge is 0.201 e. The molecule has 0 fully saturated rings. The molecule has 1 N–H and O–H groups in total. The van der Waals surface area contributed by atoms with Crippen molar-refractivity contribution in [1.29, 1.82) is 0 Å². The van der Waals surface area contributed by atoms with Gasteiger partial charge in [-0.15, -0.1) is 0 Å². The summed E-state index contributed by atoms with van der Waals surface area (Å²) in [7, 11) is 0. The Morgan fingerprint density at radius 1 is 1.09 bits per heavy atom. The van der Waals surface area contributed by atoms with E-state index < -0.39 is 6.29 Å². The average molecular weight is 310 g/mol. The van der Waals surface area contributed by atoms with Crippen LogP contribution in [0.2, 0.25) is 0 Å². The molecule has 3 atom stereocenters. The van der Waals surface area contributed by atoms with E-state index in [9.17, 15) is 5.11 Å². The van der Waals surface area contributed by atoms with E-state index in [-0.39, 0.29) is 5.92 Å². The van der Waals surface area contributed by atoms with Crippen LogP contribution in [0, 0.1) is 5.92 Å². The van der Waals surface area contributed by atoms with E-state index in [4.69, 9.17) is 9.15 Å². The van der Waals surface area contributed by atoms with Crippen molar-refractivity contribution < 1.29 is 14.3 Å². The van der Waals surface area contributed by atoms with Crippen LogP contribution in [0.5, 0.6) is 0 Å². The van der Waals surface area contributed by atoms with E-state index >= 15 is 0 Å². The van der Waals surface area contributed by atoms with Gasteiger partial charge in [0, 0.05) is 29.0 Å². The highest BCUT2D eigenvalue weighted by Crippen LogP contribution is 2.43. The van der Waals surface area contributed by atoms with E-state index in [1.165, 1.54) is 16.7 Å². The van der Waals surface area contributed by atoms with Crippen molar-refractivity contribution in [2.24, 2.45) is 5.92 Å². The summed E-state index contributed by atoms with van der Waals surface area (Å²) in [4.78, 5) is 0. The molecule has 0 amide bonds. The predicted molar refractivity (Wildman–Crippen MR) is 90.4 cm³/mol. The number of furan rings is 1. The fraction of sp³-hybridized carbons (Fsp3) is 0.400. The zero-order valence-corrected chi connectivity index (χ0v) is 13.8. The summed E-state index contributed by atoms with van der Waals surface area (Å²) >= 11 is 0. The molecule has 0 saturated heterocycles. The summed E-state index contributed by atoms with van der Waals surface area (Å²) in [6, 6.07) is 2.20. The lowest BCUT2D eigenvalue weighted by atomic mass is 9.89.